The fraction of sp³-hybridized carbons (Fsp3) is 0.172. The predicted molar refractivity (Wildman–Crippen MR) is 131 cm³/mol. The van der Waals surface area contributed by atoms with Gasteiger partial charge < -0.3 is 10.0 Å². The third-order valence-electron chi connectivity index (χ3n) is 5.60. The Morgan fingerprint density at radius 3 is 1.52 bits per heavy atom. The highest BCUT2D eigenvalue weighted by molar-refractivity contribution is 5.78. The number of rotatable bonds is 5. The lowest BCUT2D eigenvalue weighted by Crippen LogP contribution is -2.10. The van der Waals surface area contributed by atoms with Gasteiger partial charge in [-0.25, -0.2) is 0 Å². The number of hydrogen-bond donors (Lipinski definition) is 1. The number of para-hydroxylation sites is 1. The predicted octanol–water partition coefficient (Wildman–Crippen LogP) is 7.61. The third kappa shape index (κ3) is 4.70. The molecule has 0 saturated carbocycles. The molecule has 1 N–H and O–H groups in total. The van der Waals surface area contributed by atoms with Crippen molar-refractivity contribution in [2.24, 2.45) is 0 Å². The summed E-state index contributed by atoms with van der Waals surface area (Å²) in [5.41, 5.74) is 8.08. The number of anilines is 3. The lowest BCUT2D eigenvalue weighted by molar-refractivity contribution is 0.282. The number of hydrogen-bond acceptors (Lipinski definition) is 2. The highest BCUT2D eigenvalue weighted by Gasteiger charge is 2.14. The van der Waals surface area contributed by atoms with Crippen LogP contribution in [-0.4, -0.2) is 5.11 Å². The van der Waals surface area contributed by atoms with Gasteiger partial charge in [0.15, 0.2) is 0 Å². The molecule has 0 aliphatic heterocycles. The number of aliphatic hydroxyl groups excluding tert-OH is 1. The van der Waals surface area contributed by atoms with Crippen LogP contribution in [0.25, 0.3) is 11.1 Å². The Balaban J connectivity index is 1.68. The topological polar surface area (TPSA) is 23.5 Å². The summed E-state index contributed by atoms with van der Waals surface area (Å²) in [5, 5.41) is 9.39. The van der Waals surface area contributed by atoms with Crippen molar-refractivity contribution in [1.29, 1.82) is 0 Å². The normalized spacial score (nSPS) is 11.4. The Labute approximate surface area is 185 Å². The molecule has 0 aromatic heterocycles. The maximum atomic E-state index is 9.39. The van der Waals surface area contributed by atoms with Crippen LogP contribution in [0.15, 0.2) is 103 Å². The quantitative estimate of drug-likeness (QED) is 0.368. The SMILES string of the molecule is CC(C)(C)c1ccc(-c2ccc(N(c3ccccc3)c3ccc(CO)cc3)cc2)cc1. The monoisotopic (exact) mass is 407 g/mol. The van der Waals surface area contributed by atoms with E-state index >= 15 is 0 Å². The van der Waals surface area contributed by atoms with Gasteiger partial charge in [0.25, 0.3) is 0 Å². The summed E-state index contributed by atoms with van der Waals surface area (Å²) in [6.07, 6.45) is 0. The summed E-state index contributed by atoms with van der Waals surface area (Å²) in [6, 6.07) is 36.0. The number of nitrogens with zero attached hydrogens (tertiary/aromatic N) is 1. The molecule has 4 rings (SSSR count). The molecule has 0 unspecified atom stereocenters. The first kappa shape index (κ1) is 20.9. The van der Waals surface area contributed by atoms with E-state index in [4.69, 9.17) is 0 Å². The van der Waals surface area contributed by atoms with E-state index in [1.54, 1.807) is 0 Å². The van der Waals surface area contributed by atoms with Crippen LogP contribution in [0.5, 0.6) is 0 Å². The van der Waals surface area contributed by atoms with Gasteiger partial charge in [-0.05, 0) is 64.1 Å². The van der Waals surface area contributed by atoms with Crippen molar-refractivity contribution in [3.63, 3.8) is 0 Å². The lowest BCUT2D eigenvalue weighted by atomic mass is 9.86. The fourth-order valence-electron chi connectivity index (χ4n) is 3.74. The molecule has 0 heterocycles. The van der Waals surface area contributed by atoms with E-state index in [-0.39, 0.29) is 12.0 Å². The highest BCUT2D eigenvalue weighted by atomic mass is 16.3. The van der Waals surface area contributed by atoms with Crippen LogP contribution in [0.4, 0.5) is 17.1 Å². The molecule has 0 aliphatic rings. The molecule has 2 nitrogen and oxygen atoms in total. The van der Waals surface area contributed by atoms with E-state index in [0.29, 0.717) is 0 Å². The number of benzene rings is 4. The summed E-state index contributed by atoms with van der Waals surface area (Å²) >= 11 is 0. The molecule has 0 saturated heterocycles. The van der Waals surface area contributed by atoms with Crippen LogP contribution in [0, 0.1) is 0 Å². The smallest absolute Gasteiger partial charge is 0.0681 e. The van der Waals surface area contributed by atoms with Crippen molar-refractivity contribution in [2.75, 3.05) is 4.90 Å². The largest absolute Gasteiger partial charge is 0.392 e. The molecule has 4 aromatic rings. The third-order valence-corrected chi connectivity index (χ3v) is 5.60. The second kappa shape index (κ2) is 8.79. The Kier molecular flexibility index (Phi) is 5.92. The minimum absolute atomic E-state index is 0.0499. The molecular formula is C29H29NO. The minimum Gasteiger partial charge on any atom is -0.392 e. The van der Waals surface area contributed by atoms with E-state index in [0.717, 1.165) is 22.6 Å². The van der Waals surface area contributed by atoms with E-state index < -0.39 is 0 Å². The average molecular weight is 408 g/mol. The van der Waals surface area contributed by atoms with E-state index in [2.05, 4.69) is 111 Å². The Morgan fingerprint density at radius 2 is 1.03 bits per heavy atom. The molecule has 156 valence electrons. The van der Waals surface area contributed by atoms with Gasteiger partial charge in [0, 0.05) is 17.1 Å². The molecule has 2 heteroatoms. The maximum absolute atomic E-state index is 9.39. The average Bonchev–Trinajstić information content (AvgIpc) is 2.80. The van der Waals surface area contributed by atoms with Gasteiger partial charge in [0.2, 0.25) is 0 Å². The van der Waals surface area contributed by atoms with Crippen LogP contribution in [-0.2, 0) is 12.0 Å². The van der Waals surface area contributed by atoms with Crippen molar-refractivity contribution in [1.82, 2.24) is 0 Å². The molecule has 31 heavy (non-hydrogen) atoms. The van der Waals surface area contributed by atoms with Crippen molar-refractivity contribution in [2.45, 2.75) is 32.8 Å². The fourth-order valence-corrected chi connectivity index (χ4v) is 3.74. The van der Waals surface area contributed by atoms with Crippen LogP contribution in [0.1, 0.15) is 31.9 Å². The van der Waals surface area contributed by atoms with Crippen molar-refractivity contribution >= 4 is 17.1 Å². The summed E-state index contributed by atoms with van der Waals surface area (Å²) in [4.78, 5) is 2.23. The Morgan fingerprint density at radius 1 is 0.581 bits per heavy atom. The van der Waals surface area contributed by atoms with Crippen molar-refractivity contribution in [3.8, 4) is 11.1 Å². The van der Waals surface area contributed by atoms with Gasteiger partial charge in [-0.3, -0.25) is 0 Å². The van der Waals surface area contributed by atoms with Gasteiger partial charge in [-0.15, -0.1) is 0 Å². The summed E-state index contributed by atoms with van der Waals surface area (Å²) < 4.78 is 0. The zero-order chi connectivity index (χ0) is 21.8. The summed E-state index contributed by atoms with van der Waals surface area (Å²) in [5.74, 6) is 0. The van der Waals surface area contributed by atoms with Gasteiger partial charge >= 0.3 is 0 Å². The molecule has 0 bridgehead atoms. The molecule has 0 spiro atoms. The van der Waals surface area contributed by atoms with Crippen LogP contribution >= 0.6 is 0 Å². The number of aliphatic hydroxyl groups is 1. The Hall–Kier alpha value is -3.36. The van der Waals surface area contributed by atoms with Gasteiger partial charge in [0.1, 0.15) is 0 Å². The standard InChI is InChI=1S/C29H29NO/c1-29(2,3)25-15-11-23(12-16-25)24-13-19-28(20-14-24)30(26-7-5-4-6-8-26)27-17-9-22(21-31)10-18-27/h4-20,31H,21H2,1-3H3. The second-order valence-electron chi connectivity index (χ2n) is 8.87. The van der Waals surface area contributed by atoms with E-state index in [1.165, 1.54) is 16.7 Å². The van der Waals surface area contributed by atoms with Crippen LogP contribution in [0.3, 0.4) is 0 Å². The van der Waals surface area contributed by atoms with Gasteiger partial charge in [0.05, 0.1) is 6.61 Å². The lowest BCUT2D eigenvalue weighted by Gasteiger charge is -2.26. The molecule has 0 atom stereocenters. The van der Waals surface area contributed by atoms with Crippen LogP contribution in [0.2, 0.25) is 0 Å². The molecule has 0 fully saturated rings. The van der Waals surface area contributed by atoms with E-state index in [1.807, 2.05) is 18.2 Å². The first-order valence-corrected chi connectivity index (χ1v) is 10.7. The van der Waals surface area contributed by atoms with Gasteiger partial charge in [-0.1, -0.05) is 87.5 Å². The molecule has 0 aliphatic carbocycles. The second-order valence-corrected chi connectivity index (χ2v) is 8.87. The zero-order valence-electron chi connectivity index (χ0n) is 18.4. The molecule has 0 radical (unpaired) electrons. The maximum Gasteiger partial charge on any atom is 0.0681 e. The minimum atomic E-state index is 0.0499. The van der Waals surface area contributed by atoms with Crippen LogP contribution < -0.4 is 4.90 Å². The van der Waals surface area contributed by atoms with E-state index in [9.17, 15) is 5.11 Å². The van der Waals surface area contributed by atoms with Gasteiger partial charge in [-0.2, -0.15) is 0 Å². The zero-order valence-corrected chi connectivity index (χ0v) is 18.4. The summed E-state index contributed by atoms with van der Waals surface area (Å²) in [7, 11) is 0. The Bertz CT molecular complexity index is 1110. The van der Waals surface area contributed by atoms with Crippen molar-refractivity contribution < 1.29 is 5.11 Å². The molecule has 0 amide bonds. The first-order chi connectivity index (χ1) is 15.0. The first-order valence-electron chi connectivity index (χ1n) is 10.7. The summed E-state index contributed by atoms with van der Waals surface area (Å²) in [6.45, 7) is 6.76. The van der Waals surface area contributed by atoms with Crippen molar-refractivity contribution in [3.05, 3.63) is 114 Å². The molecule has 4 aromatic carbocycles. The highest BCUT2D eigenvalue weighted by Crippen LogP contribution is 2.35. The molecular weight excluding hydrogens is 378 g/mol.